The maximum Gasteiger partial charge on any atom is 0.185 e. The summed E-state index contributed by atoms with van der Waals surface area (Å²) in [5.74, 6) is -0.197. The van der Waals surface area contributed by atoms with Crippen LogP contribution in [0.25, 0.3) is 0 Å². The van der Waals surface area contributed by atoms with E-state index in [1.54, 1.807) is 24.3 Å². The molecule has 4 nitrogen and oxygen atoms in total. The summed E-state index contributed by atoms with van der Waals surface area (Å²) in [4.78, 5) is 26.6. The van der Waals surface area contributed by atoms with Crippen molar-refractivity contribution in [3.63, 3.8) is 0 Å². The topological polar surface area (TPSA) is 70.8 Å². The SMILES string of the molecule is N#Cc1c(Br)cccc1CC(=O)c1ccc(C=O)cn1. The summed E-state index contributed by atoms with van der Waals surface area (Å²) < 4.78 is 0.662. The van der Waals surface area contributed by atoms with Crippen molar-refractivity contribution in [3.05, 3.63) is 63.4 Å². The number of nitrogens with zero attached hydrogens (tertiary/aromatic N) is 2. The average molecular weight is 329 g/mol. The Balaban J connectivity index is 2.26. The zero-order valence-corrected chi connectivity index (χ0v) is 11.9. The molecule has 98 valence electrons. The largest absolute Gasteiger partial charge is 0.298 e. The third-order valence-electron chi connectivity index (χ3n) is 2.77. The third-order valence-corrected chi connectivity index (χ3v) is 3.43. The first-order chi connectivity index (χ1) is 9.65. The number of carbonyl (C=O) groups is 2. The van der Waals surface area contributed by atoms with Crippen molar-refractivity contribution in [2.75, 3.05) is 0 Å². The fraction of sp³-hybridized carbons (Fsp3) is 0.0667. The van der Waals surface area contributed by atoms with Crippen LogP contribution in [0.15, 0.2) is 41.0 Å². The van der Waals surface area contributed by atoms with Crippen molar-refractivity contribution >= 4 is 28.0 Å². The molecule has 0 amide bonds. The van der Waals surface area contributed by atoms with Gasteiger partial charge in [0.15, 0.2) is 12.1 Å². The zero-order valence-electron chi connectivity index (χ0n) is 10.3. The van der Waals surface area contributed by atoms with Gasteiger partial charge in [-0.2, -0.15) is 5.26 Å². The van der Waals surface area contributed by atoms with Gasteiger partial charge in [0, 0.05) is 22.7 Å². The second kappa shape index (κ2) is 6.22. The molecule has 0 atom stereocenters. The first-order valence-corrected chi connectivity index (χ1v) is 6.57. The van der Waals surface area contributed by atoms with Crippen LogP contribution in [-0.4, -0.2) is 17.1 Å². The van der Waals surface area contributed by atoms with Crippen LogP contribution >= 0.6 is 15.9 Å². The van der Waals surface area contributed by atoms with Gasteiger partial charge in [0.1, 0.15) is 11.8 Å². The number of aromatic nitrogens is 1. The molecule has 1 aromatic carbocycles. The van der Waals surface area contributed by atoms with E-state index in [0.29, 0.717) is 27.4 Å². The minimum atomic E-state index is -0.197. The summed E-state index contributed by atoms with van der Waals surface area (Å²) in [5, 5.41) is 9.11. The number of rotatable bonds is 4. The number of pyridine rings is 1. The third kappa shape index (κ3) is 2.98. The number of halogens is 1. The summed E-state index contributed by atoms with van der Waals surface area (Å²) in [5.41, 5.74) is 1.79. The van der Waals surface area contributed by atoms with E-state index in [2.05, 4.69) is 27.0 Å². The molecule has 1 heterocycles. The highest BCUT2D eigenvalue weighted by Gasteiger charge is 2.13. The van der Waals surface area contributed by atoms with E-state index in [0.717, 1.165) is 0 Å². The molecule has 0 aliphatic carbocycles. The number of nitriles is 1. The molecule has 20 heavy (non-hydrogen) atoms. The highest BCUT2D eigenvalue weighted by Crippen LogP contribution is 2.20. The fourth-order valence-electron chi connectivity index (χ4n) is 1.74. The minimum Gasteiger partial charge on any atom is -0.298 e. The van der Waals surface area contributed by atoms with Gasteiger partial charge in [-0.1, -0.05) is 12.1 Å². The smallest absolute Gasteiger partial charge is 0.185 e. The monoisotopic (exact) mass is 328 g/mol. The number of hydrogen-bond acceptors (Lipinski definition) is 4. The fourth-order valence-corrected chi connectivity index (χ4v) is 2.24. The van der Waals surface area contributed by atoms with E-state index in [1.165, 1.54) is 12.3 Å². The standard InChI is InChI=1S/C15H9BrN2O2/c16-13-3-1-2-11(12(13)7-17)6-15(20)14-5-4-10(9-19)8-18-14/h1-5,8-9H,6H2. The summed E-state index contributed by atoms with van der Waals surface area (Å²) in [6, 6.07) is 10.4. The Morgan fingerprint density at radius 2 is 2.15 bits per heavy atom. The van der Waals surface area contributed by atoms with Crippen molar-refractivity contribution in [1.29, 1.82) is 5.26 Å². The van der Waals surface area contributed by atoms with Gasteiger partial charge in [0.05, 0.1) is 5.56 Å². The Kier molecular flexibility index (Phi) is 4.38. The maximum atomic E-state index is 12.1. The van der Waals surface area contributed by atoms with Gasteiger partial charge in [0.25, 0.3) is 0 Å². The molecule has 2 rings (SSSR count). The van der Waals surface area contributed by atoms with Crippen LogP contribution < -0.4 is 0 Å². The Hall–Kier alpha value is -2.32. The lowest BCUT2D eigenvalue weighted by Crippen LogP contribution is -2.07. The predicted molar refractivity (Wildman–Crippen MR) is 76.5 cm³/mol. The molecule has 2 aromatic rings. The molecule has 0 aliphatic rings. The van der Waals surface area contributed by atoms with E-state index in [-0.39, 0.29) is 17.9 Å². The second-order valence-electron chi connectivity index (χ2n) is 4.08. The molecular formula is C15H9BrN2O2. The minimum absolute atomic E-state index is 0.0930. The Morgan fingerprint density at radius 1 is 1.35 bits per heavy atom. The molecule has 0 fully saturated rings. The first-order valence-electron chi connectivity index (χ1n) is 5.77. The van der Waals surface area contributed by atoms with E-state index in [9.17, 15) is 9.59 Å². The lowest BCUT2D eigenvalue weighted by Gasteiger charge is -2.05. The van der Waals surface area contributed by atoms with Crippen LogP contribution in [0.2, 0.25) is 0 Å². The number of Topliss-reactive ketones (excluding diaryl/α,β-unsaturated/α-hetero) is 1. The number of ketones is 1. The van der Waals surface area contributed by atoms with Gasteiger partial charge >= 0.3 is 0 Å². The molecule has 0 N–H and O–H groups in total. The molecule has 0 saturated carbocycles. The van der Waals surface area contributed by atoms with Crippen LogP contribution in [-0.2, 0) is 6.42 Å². The van der Waals surface area contributed by atoms with Crippen LogP contribution in [0, 0.1) is 11.3 Å². The van der Waals surface area contributed by atoms with Crippen molar-refractivity contribution in [1.82, 2.24) is 4.98 Å². The van der Waals surface area contributed by atoms with Gasteiger partial charge in [-0.25, -0.2) is 0 Å². The number of aldehydes is 1. The van der Waals surface area contributed by atoms with Crippen molar-refractivity contribution in [2.24, 2.45) is 0 Å². The molecule has 1 aromatic heterocycles. The molecular weight excluding hydrogens is 320 g/mol. The normalized spacial score (nSPS) is 9.80. The molecule has 0 aliphatic heterocycles. The van der Waals surface area contributed by atoms with Gasteiger partial charge in [-0.05, 0) is 39.7 Å². The Labute approximate surface area is 124 Å². The van der Waals surface area contributed by atoms with Gasteiger partial charge in [0.2, 0.25) is 0 Å². The van der Waals surface area contributed by atoms with Crippen molar-refractivity contribution in [2.45, 2.75) is 6.42 Å². The zero-order chi connectivity index (χ0) is 14.5. The molecule has 0 saturated heterocycles. The van der Waals surface area contributed by atoms with E-state index >= 15 is 0 Å². The first kappa shape index (κ1) is 14.1. The van der Waals surface area contributed by atoms with Crippen LogP contribution in [0.5, 0.6) is 0 Å². The van der Waals surface area contributed by atoms with E-state index < -0.39 is 0 Å². The van der Waals surface area contributed by atoms with E-state index in [1.807, 2.05) is 0 Å². The predicted octanol–water partition coefficient (Wildman–Crippen LogP) is 2.95. The van der Waals surface area contributed by atoms with Crippen molar-refractivity contribution < 1.29 is 9.59 Å². The summed E-state index contributed by atoms with van der Waals surface area (Å²) in [6.45, 7) is 0. The Bertz CT molecular complexity index is 703. The van der Waals surface area contributed by atoms with E-state index in [4.69, 9.17) is 5.26 Å². The lowest BCUT2D eigenvalue weighted by atomic mass is 10.0. The number of hydrogen-bond donors (Lipinski definition) is 0. The molecule has 0 radical (unpaired) electrons. The second-order valence-corrected chi connectivity index (χ2v) is 4.93. The van der Waals surface area contributed by atoms with Crippen LogP contribution in [0.3, 0.4) is 0 Å². The number of carbonyl (C=O) groups excluding carboxylic acids is 2. The highest BCUT2D eigenvalue weighted by atomic mass is 79.9. The lowest BCUT2D eigenvalue weighted by molar-refractivity contribution is 0.0987. The van der Waals surface area contributed by atoms with Crippen molar-refractivity contribution in [3.8, 4) is 6.07 Å². The molecule has 5 heteroatoms. The number of benzene rings is 1. The highest BCUT2D eigenvalue weighted by molar-refractivity contribution is 9.10. The van der Waals surface area contributed by atoms with Crippen LogP contribution in [0.4, 0.5) is 0 Å². The maximum absolute atomic E-state index is 12.1. The molecule has 0 unspecified atom stereocenters. The van der Waals surface area contributed by atoms with Gasteiger partial charge in [-0.15, -0.1) is 0 Å². The Morgan fingerprint density at radius 3 is 2.75 bits per heavy atom. The average Bonchev–Trinajstić information content (AvgIpc) is 2.47. The molecule has 0 bridgehead atoms. The molecule has 0 spiro atoms. The summed E-state index contributed by atoms with van der Waals surface area (Å²) >= 11 is 3.28. The summed E-state index contributed by atoms with van der Waals surface area (Å²) in [7, 11) is 0. The van der Waals surface area contributed by atoms with Gasteiger partial charge in [-0.3, -0.25) is 14.6 Å². The quantitative estimate of drug-likeness (QED) is 0.639. The van der Waals surface area contributed by atoms with Gasteiger partial charge < -0.3 is 0 Å². The van der Waals surface area contributed by atoms with Crippen LogP contribution in [0.1, 0.15) is 32.0 Å². The summed E-state index contributed by atoms with van der Waals surface area (Å²) in [6.07, 6.45) is 2.12.